The molecule has 0 radical (unpaired) electrons. The van der Waals surface area contributed by atoms with E-state index < -0.39 is 0 Å². The van der Waals surface area contributed by atoms with E-state index in [9.17, 15) is 4.79 Å². The molecule has 0 aromatic heterocycles. The summed E-state index contributed by atoms with van der Waals surface area (Å²) in [5, 5.41) is 3.18. The minimum Gasteiger partial charge on any atom is -0.497 e. The fourth-order valence-electron chi connectivity index (χ4n) is 2.07. The van der Waals surface area contributed by atoms with Gasteiger partial charge in [-0.3, -0.25) is 4.79 Å². The molecule has 1 aromatic carbocycles. The van der Waals surface area contributed by atoms with Crippen LogP contribution >= 0.6 is 0 Å². The van der Waals surface area contributed by atoms with Gasteiger partial charge in [-0.2, -0.15) is 0 Å². The van der Waals surface area contributed by atoms with E-state index in [4.69, 9.17) is 4.74 Å². The molecule has 0 aliphatic rings. The minimum atomic E-state index is -0.210. The van der Waals surface area contributed by atoms with Crippen LogP contribution in [0.15, 0.2) is 24.3 Å². The Labute approximate surface area is 129 Å². The molecule has 118 valence electrons. The van der Waals surface area contributed by atoms with Crippen molar-refractivity contribution in [2.75, 3.05) is 7.11 Å². The van der Waals surface area contributed by atoms with Crippen molar-refractivity contribution in [3.8, 4) is 5.75 Å². The molecule has 3 heteroatoms. The maximum absolute atomic E-state index is 12.2. The van der Waals surface area contributed by atoms with Crippen LogP contribution in [0.5, 0.6) is 5.75 Å². The van der Waals surface area contributed by atoms with Gasteiger partial charge in [-0.1, -0.05) is 32.9 Å². The lowest BCUT2D eigenvalue weighted by atomic mass is 9.72. The highest BCUT2D eigenvalue weighted by Crippen LogP contribution is 2.33. The first-order valence-electron chi connectivity index (χ1n) is 7.66. The minimum absolute atomic E-state index is 0.0722. The summed E-state index contributed by atoms with van der Waals surface area (Å²) in [6.07, 6.45) is 2.28. The number of rotatable bonds is 7. The van der Waals surface area contributed by atoms with Gasteiger partial charge < -0.3 is 10.1 Å². The molecule has 0 fully saturated rings. The molecule has 0 unspecified atom stereocenters. The lowest BCUT2D eigenvalue weighted by molar-refractivity contribution is -0.124. The van der Waals surface area contributed by atoms with Gasteiger partial charge in [-0.25, -0.2) is 0 Å². The molecule has 0 saturated heterocycles. The third-order valence-corrected chi connectivity index (χ3v) is 4.83. The highest BCUT2D eigenvalue weighted by molar-refractivity contribution is 5.77. The van der Waals surface area contributed by atoms with Crippen LogP contribution < -0.4 is 10.1 Å². The quantitative estimate of drug-likeness (QED) is 0.826. The van der Waals surface area contributed by atoms with Crippen molar-refractivity contribution in [2.24, 2.45) is 5.41 Å². The van der Waals surface area contributed by atoms with Crippen LogP contribution in [0.2, 0.25) is 0 Å². The Morgan fingerprint density at radius 2 is 1.71 bits per heavy atom. The van der Waals surface area contributed by atoms with Gasteiger partial charge in [0.25, 0.3) is 0 Å². The van der Waals surface area contributed by atoms with Crippen LogP contribution in [-0.4, -0.2) is 18.6 Å². The second kappa shape index (κ2) is 6.97. The molecule has 1 rings (SSSR count). The van der Waals surface area contributed by atoms with Crippen LogP contribution in [0.25, 0.3) is 0 Å². The van der Waals surface area contributed by atoms with Crippen molar-refractivity contribution in [2.45, 2.75) is 59.4 Å². The van der Waals surface area contributed by atoms with Gasteiger partial charge in [-0.15, -0.1) is 0 Å². The smallest absolute Gasteiger partial charge is 0.220 e. The second-order valence-corrected chi connectivity index (χ2v) is 6.76. The molecule has 1 N–H and O–H groups in total. The van der Waals surface area contributed by atoms with Crippen LogP contribution in [0.3, 0.4) is 0 Å². The fourth-order valence-corrected chi connectivity index (χ4v) is 2.07. The van der Waals surface area contributed by atoms with Gasteiger partial charge in [0.05, 0.1) is 7.11 Å². The van der Waals surface area contributed by atoms with Gasteiger partial charge in [0.2, 0.25) is 5.91 Å². The fraction of sp³-hybridized carbons (Fsp3) is 0.611. The van der Waals surface area contributed by atoms with Crippen molar-refractivity contribution in [3.63, 3.8) is 0 Å². The van der Waals surface area contributed by atoms with Crippen LogP contribution in [0.1, 0.15) is 53.0 Å². The Hall–Kier alpha value is -1.51. The van der Waals surface area contributed by atoms with Crippen molar-refractivity contribution >= 4 is 5.91 Å². The summed E-state index contributed by atoms with van der Waals surface area (Å²) in [4.78, 5) is 12.2. The normalized spacial score (nSPS) is 12.1. The number of benzene rings is 1. The first kappa shape index (κ1) is 17.5. The van der Waals surface area contributed by atoms with E-state index in [0.29, 0.717) is 6.42 Å². The number of hydrogen-bond acceptors (Lipinski definition) is 2. The van der Waals surface area contributed by atoms with Crippen molar-refractivity contribution in [3.05, 3.63) is 29.8 Å². The highest BCUT2D eigenvalue weighted by Gasteiger charge is 2.36. The molecular formula is C18H29NO2. The monoisotopic (exact) mass is 291 g/mol. The molecule has 0 atom stereocenters. The van der Waals surface area contributed by atoms with E-state index in [0.717, 1.165) is 24.2 Å². The van der Waals surface area contributed by atoms with Crippen LogP contribution in [0, 0.1) is 5.41 Å². The van der Waals surface area contributed by atoms with Gasteiger partial charge >= 0.3 is 0 Å². The van der Waals surface area contributed by atoms with E-state index in [2.05, 4.69) is 39.9 Å². The van der Waals surface area contributed by atoms with E-state index in [1.807, 2.05) is 24.3 Å². The van der Waals surface area contributed by atoms with Gasteiger partial charge in [0, 0.05) is 12.0 Å². The molecule has 0 bridgehead atoms. The number of amides is 1. The third kappa shape index (κ3) is 4.76. The van der Waals surface area contributed by atoms with Crippen molar-refractivity contribution in [1.29, 1.82) is 0 Å². The van der Waals surface area contributed by atoms with E-state index >= 15 is 0 Å². The zero-order valence-corrected chi connectivity index (χ0v) is 14.2. The average Bonchev–Trinajstić information content (AvgIpc) is 2.45. The lowest BCUT2D eigenvalue weighted by Crippen LogP contribution is -2.53. The zero-order chi connectivity index (χ0) is 16.1. The first-order chi connectivity index (χ1) is 9.71. The summed E-state index contributed by atoms with van der Waals surface area (Å²) in [5.74, 6) is 0.950. The standard InChI is InChI=1S/C18H29NO2/c1-7-17(2,3)18(4,5)19-16(20)13-10-14-8-11-15(21-6)12-9-14/h8-9,11-12H,7,10,13H2,1-6H3,(H,19,20). The number of carbonyl (C=O) groups excluding carboxylic acids is 1. The molecule has 1 amide bonds. The highest BCUT2D eigenvalue weighted by atomic mass is 16.5. The Balaban J connectivity index is 2.54. The van der Waals surface area contributed by atoms with E-state index in [1.54, 1.807) is 7.11 Å². The number of methoxy groups -OCH3 is 1. The van der Waals surface area contributed by atoms with Crippen LogP contribution in [-0.2, 0) is 11.2 Å². The molecule has 3 nitrogen and oxygen atoms in total. The molecule has 0 saturated carbocycles. The van der Waals surface area contributed by atoms with Gasteiger partial charge in [-0.05, 0) is 49.8 Å². The number of nitrogens with one attached hydrogen (secondary N) is 1. The molecule has 0 spiro atoms. The average molecular weight is 291 g/mol. The maximum Gasteiger partial charge on any atom is 0.220 e. The maximum atomic E-state index is 12.2. The molecular weight excluding hydrogens is 262 g/mol. The summed E-state index contributed by atoms with van der Waals surface area (Å²) in [6.45, 7) is 10.7. The van der Waals surface area contributed by atoms with E-state index in [-0.39, 0.29) is 16.9 Å². The number of hydrogen-bond donors (Lipinski definition) is 1. The number of carbonyl (C=O) groups is 1. The summed E-state index contributed by atoms with van der Waals surface area (Å²) < 4.78 is 5.13. The third-order valence-electron chi connectivity index (χ3n) is 4.83. The topological polar surface area (TPSA) is 38.3 Å². The van der Waals surface area contributed by atoms with Gasteiger partial charge in [0.15, 0.2) is 0 Å². The zero-order valence-electron chi connectivity index (χ0n) is 14.2. The van der Waals surface area contributed by atoms with Crippen molar-refractivity contribution in [1.82, 2.24) is 5.32 Å². The number of aryl methyl sites for hydroxylation is 1. The SMILES string of the molecule is CCC(C)(C)C(C)(C)NC(=O)CCc1ccc(OC)cc1. The first-order valence-corrected chi connectivity index (χ1v) is 7.66. The Bertz CT molecular complexity index is 461. The molecule has 0 aliphatic heterocycles. The lowest BCUT2D eigenvalue weighted by Gasteiger charge is -2.41. The Morgan fingerprint density at radius 1 is 1.14 bits per heavy atom. The summed E-state index contributed by atoms with van der Waals surface area (Å²) in [7, 11) is 1.65. The predicted molar refractivity (Wildman–Crippen MR) is 87.6 cm³/mol. The summed E-state index contributed by atoms with van der Waals surface area (Å²) in [6, 6.07) is 7.87. The summed E-state index contributed by atoms with van der Waals surface area (Å²) in [5.41, 5.74) is 1.01. The summed E-state index contributed by atoms with van der Waals surface area (Å²) >= 11 is 0. The Kier molecular flexibility index (Phi) is 5.82. The predicted octanol–water partition coefficient (Wildman–Crippen LogP) is 3.96. The molecule has 0 aliphatic carbocycles. The van der Waals surface area contributed by atoms with Crippen LogP contribution in [0.4, 0.5) is 0 Å². The van der Waals surface area contributed by atoms with Gasteiger partial charge in [0.1, 0.15) is 5.75 Å². The molecule has 1 aromatic rings. The van der Waals surface area contributed by atoms with E-state index in [1.165, 1.54) is 0 Å². The molecule has 21 heavy (non-hydrogen) atoms. The second-order valence-electron chi connectivity index (χ2n) is 6.76. The number of ether oxygens (including phenoxy) is 1. The van der Waals surface area contributed by atoms with Crippen molar-refractivity contribution < 1.29 is 9.53 Å². The Morgan fingerprint density at radius 3 is 2.19 bits per heavy atom. The molecule has 0 heterocycles. The largest absolute Gasteiger partial charge is 0.497 e.